The van der Waals surface area contributed by atoms with Gasteiger partial charge in [0.15, 0.2) is 11.6 Å². The van der Waals surface area contributed by atoms with Crippen LogP contribution < -0.4 is 9.47 Å². The Hall–Kier alpha value is -2.14. The van der Waals surface area contributed by atoms with Gasteiger partial charge in [0.1, 0.15) is 5.75 Å². The zero-order valence-corrected chi connectivity index (χ0v) is 22.3. The second kappa shape index (κ2) is 20.1. The summed E-state index contributed by atoms with van der Waals surface area (Å²) in [5, 5.41) is 0. The van der Waals surface area contributed by atoms with Crippen LogP contribution in [0.1, 0.15) is 104 Å². The zero-order valence-electron chi connectivity index (χ0n) is 22.3. The Morgan fingerprint density at radius 2 is 0.971 bits per heavy atom. The van der Waals surface area contributed by atoms with Gasteiger partial charge >= 0.3 is 0 Å². The van der Waals surface area contributed by atoms with Gasteiger partial charge in [-0.05, 0) is 49.9 Å². The van der Waals surface area contributed by atoms with Crippen LogP contribution in [0.15, 0.2) is 36.7 Å². The zero-order chi connectivity index (χ0) is 24.8. The van der Waals surface area contributed by atoms with Gasteiger partial charge in [0, 0.05) is 18.8 Å². The van der Waals surface area contributed by atoms with Crippen LogP contribution in [0.4, 0.5) is 0 Å². The van der Waals surface area contributed by atoms with Crippen molar-refractivity contribution in [1.29, 1.82) is 0 Å². The minimum Gasteiger partial charge on any atom is -0.494 e. The second-order valence-electron chi connectivity index (χ2n) is 9.32. The summed E-state index contributed by atoms with van der Waals surface area (Å²) in [6.45, 7) is 7.59. The molecule has 0 amide bonds. The lowest BCUT2D eigenvalue weighted by Crippen LogP contribution is -2.02. The van der Waals surface area contributed by atoms with E-state index in [9.17, 15) is 0 Å². The summed E-state index contributed by atoms with van der Waals surface area (Å²) in [5.41, 5.74) is 0.979. The summed E-state index contributed by atoms with van der Waals surface area (Å²) in [7, 11) is 0. The van der Waals surface area contributed by atoms with Crippen molar-refractivity contribution >= 4 is 0 Å². The Labute approximate surface area is 214 Å². The Morgan fingerprint density at radius 3 is 1.60 bits per heavy atom. The summed E-state index contributed by atoms with van der Waals surface area (Å²) >= 11 is 0. The van der Waals surface area contributed by atoms with Crippen molar-refractivity contribution in [3.05, 3.63) is 36.7 Å². The van der Waals surface area contributed by atoms with E-state index in [1.807, 2.05) is 24.3 Å². The molecule has 0 N–H and O–H groups in total. The van der Waals surface area contributed by atoms with E-state index in [4.69, 9.17) is 14.2 Å². The van der Waals surface area contributed by atoms with E-state index in [-0.39, 0.29) is 0 Å². The fraction of sp³-hybridized carbons (Fsp3) is 0.667. The monoisotopic (exact) mass is 484 g/mol. The van der Waals surface area contributed by atoms with Crippen molar-refractivity contribution in [3.63, 3.8) is 0 Å². The predicted molar refractivity (Wildman–Crippen MR) is 145 cm³/mol. The fourth-order valence-electron chi connectivity index (χ4n) is 3.90. The third-order valence-electron chi connectivity index (χ3n) is 6.10. The van der Waals surface area contributed by atoms with Gasteiger partial charge in [-0.3, -0.25) is 0 Å². The molecule has 0 radical (unpaired) electrons. The van der Waals surface area contributed by atoms with Gasteiger partial charge in [-0.25, -0.2) is 9.97 Å². The largest absolute Gasteiger partial charge is 0.494 e. The standard InChI is InChI=1S/C30H48N2O3/c1-3-5-7-8-9-10-11-12-14-23-34-28-19-17-27(18-20-28)30-31-25-29(26-32-30)35-24-16-15-22-33-21-13-6-4-2/h17-20,25-26H,3-16,21-24H2,1-2H3. The van der Waals surface area contributed by atoms with Gasteiger partial charge in [0.25, 0.3) is 0 Å². The topological polar surface area (TPSA) is 53.5 Å². The van der Waals surface area contributed by atoms with Crippen LogP contribution in [0.5, 0.6) is 11.5 Å². The smallest absolute Gasteiger partial charge is 0.159 e. The molecule has 1 aromatic heterocycles. The van der Waals surface area contributed by atoms with Gasteiger partial charge < -0.3 is 14.2 Å². The SMILES string of the molecule is CCCCCCCCCCCOc1ccc(-c2ncc(OCCCCOCCCCC)cn2)cc1. The molecule has 0 saturated heterocycles. The number of nitrogens with zero attached hydrogens (tertiary/aromatic N) is 2. The number of rotatable bonds is 22. The summed E-state index contributed by atoms with van der Waals surface area (Å²) in [6, 6.07) is 8.03. The van der Waals surface area contributed by atoms with Gasteiger partial charge in [-0.1, -0.05) is 78.1 Å². The number of aromatic nitrogens is 2. The van der Waals surface area contributed by atoms with Crippen molar-refractivity contribution in [1.82, 2.24) is 9.97 Å². The van der Waals surface area contributed by atoms with Gasteiger partial charge in [0.05, 0.1) is 25.6 Å². The average molecular weight is 485 g/mol. The molecule has 196 valence electrons. The number of ether oxygens (including phenoxy) is 3. The molecule has 2 aromatic rings. The van der Waals surface area contributed by atoms with E-state index in [1.54, 1.807) is 12.4 Å². The Balaban J connectivity index is 1.55. The molecule has 1 heterocycles. The maximum atomic E-state index is 5.90. The molecule has 0 aliphatic rings. The summed E-state index contributed by atoms with van der Waals surface area (Å²) in [6.07, 6.45) is 21.0. The van der Waals surface area contributed by atoms with Crippen molar-refractivity contribution in [2.24, 2.45) is 0 Å². The normalized spacial score (nSPS) is 11.0. The van der Waals surface area contributed by atoms with E-state index in [1.165, 1.54) is 64.2 Å². The van der Waals surface area contributed by atoms with Gasteiger partial charge in [-0.2, -0.15) is 0 Å². The molecular formula is C30H48N2O3. The maximum Gasteiger partial charge on any atom is 0.159 e. The third-order valence-corrected chi connectivity index (χ3v) is 6.10. The lowest BCUT2D eigenvalue weighted by atomic mass is 10.1. The highest BCUT2D eigenvalue weighted by Crippen LogP contribution is 2.21. The van der Waals surface area contributed by atoms with E-state index >= 15 is 0 Å². The van der Waals surface area contributed by atoms with Crippen LogP contribution in [0.2, 0.25) is 0 Å². The number of benzene rings is 1. The maximum absolute atomic E-state index is 5.90. The molecule has 0 aliphatic carbocycles. The van der Waals surface area contributed by atoms with Crippen molar-refractivity contribution < 1.29 is 14.2 Å². The molecule has 0 fully saturated rings. The van der Waals surface area contributed by atoms with Gasteiger partial charge in [-0.15, -0.1) is 0 Å². The Morgan fingerprint density at radius 1 is 0.514 bits per heavy atom. The molecule has 0 aliphatic heterocycles. The molecule has 2 rings (SSSR count). The highest BCUT2D eigenvalue weighted by Gasteiger charge is 2.04. The van der Waals surface area contributed by atoms with Crippen molar-refractivity contribution in [2.75, 3.05) is 26.4 Å². The molecule has 1 aromatic carbocycles. The highest BCUT2D eigenvalue weighted by molar-refractivity contribution is 5.56. The van der Waals surface area contributed by atoms with Gasteiger partial charge in [0.2, 0.25) is 0 Å². The van der Waals surface area contributed by atoms with E-state index < -0.39 is 0 Å². The summed E-state index contributed by atoms with van der Waals surface area (Å²) < 4.78 is 17.3. The van der Waals surface area contributed by atoms with E-state index in [2.05, 4.69) is 23.8 Å². The Bertz CT molecular complexity index is 734. The first-order chi connectivity index (χ1) is 17.3. The lowest BCUT2D eigenvalue weighted by molar-refractivity contribution is 0.122. The first kappa shape index (κ1) is 29.1. The molecular weight excluding hydrogens is 436 g/mol. The Kier molecular flexibility index (Phi) is 16.7. The first-order valence-corrected chi connectivity index (χ1v) is 14.1. The van der Waals surface area contributed by atoms with E-state index in [0.717, 1.165) is 56.8 Å². The van der Waals surface area contributed by atoms with E-state index in [0.29, 0.717) is 18.2 Å². The number of hydrogen-bond donors (Lipinski definition) is 0. The fourth-order valence-corrected chi connectivity index (χ4v) is 3.90. The van der Waals surface area contributed by atoms with Crippen LogP contribution in [-0.4, -0.2) is 36.4 Å². The predicted octanol–water partition coefficient (Wildman–Crippen LogP) is 8.42. The van der Waals surface area contributed by atoms with Crippen LogP contribution in [0, 0.1) is 0 Å². The summed E-state index contributed by atoms with van der Waals surface area (Å²) in [5.74, 6) is 2.31. The lowest BCUT2D eigenvalue weighted by Gasteiger charge is -2.08. The second-order valence-corrected chi connectivity index (χ2v) is 9.32. The average Bonchev–Trinajstić information content (AvgIpc) is 2.89. The molecule has 35 heavy (non-hydrogen) atoms. The quantitative estimate of drug-likeness (QED) is 0.157. The van der Waals surface area contributed by atoms with Crippen molar-refractivity contribution in [3.8, 4) is 22.9 Å². The molecule has 0 saturated carbocycles. The molecule has 0 bridgehead atoms. The summed E-state index contributed by atoms with van der Waals surface area (Å²) in [4.78, 5) is 8.92. The number of hydrogen-bond acceptors (Lipinski definition) is 5. The van der Waals surface area contributed by atoms with Crippen LogP contribution in [-0.2, 0) is 4.74 Å². The molecule has 5 heteroatoms. The minimum absolute atomic E-state index is 0.659. The van der Waals surface area contributed by atoms with Crippen LogP contribution in [0.25, 0.3) is 11.4 Å². The first-order valence-electron chi connectivity index (χ1n) is 14.1. The molecule has 5 nitrogen and oxygen atoms in total. The highest BCUT2D eigenvalue weighted by atomic mass is 16.5. The van der Waals surface area contributed by atoms with Crippen LogP contribution in [0.3, 0.4) is 0 Å². The third kappa shape index (κ3) is 14.1. The molecule has 0 atom stereocenters. The molecule has 0 unspecified atom stereocenters. The van der Waals surface area contributed by atoms with Crippen LogP contribution >= 0.6 is 0 Å². The minimum atomic E-state index is 0.659. The van der Waals surface area contributed by atoms with Crippen molar-refractivity contribution in [2.45, 2.75) is 104 Å². The molecule has 0 spiro atoms. The number of unbranched alkanes of at least 4 members (excludes halogenated alkanes) is 11.